The van der Waals surface area contributed by atoms with Crippen LogP contribution in [-0.4, -0.2) is 57.6 Å². The molecule has 1 amide bonds. The van der Waals surface area contributed by atoms with E-state index in [4.69, 9.17) is 9.47 Å². The average molecular weight is 503 g/mol. The van der Waals surface area contributed by atoms with E-state index in [0.717, 1.165) is 17.7 Å². The van der Waals surface area contributed by atoms with Crippen molar-refractivity contribution in [3.8, 4) is 5.75 Å². The molecule has 0 aliphatic carbocycles. The number of piperidine rings is 1. The minimum atomic E-state index is -4.81. The van der Waals surface area contributed by atoms with Gasteiger partial charge in [0.25, 0.3) is 0 Å². The van der Waals surface area contributed by atoms with Gasteiger partial charge >= 0.3 is 12.5 Å². The summed E-state index contributed by atoms with van der Waals surface area (Å²) in [5, 5.41) is 2.44. The van der Waals surface area contributed by atoms with Gasteiger partial charge < -0.3 is 14.2 Å². The number of hydrogen-bond donors (Lipinski definition) is 1. The molecule has 0 spiro atoms. The van der Waals surface area contributed by atoms with Gasteiger partial charge in [-0.1, -0.05) is 17.7 Å². The van der Waals surface area contributed by atoms with Gasteiger partial charge in [-0.3, -0.25) is 5.32 Å². The maximum Gasteiger partial charge on any atom is 0.573 e. The first-order valence-corrected chi connectivity index (χ1v) is 11.8. The maximum absolute atomic E-state index is 13.1. The van der Waals surface area contributed by atoms with E-state index >= 15 is 0 Å². The lowest BCUT2D eigenvalue weighted by molar-refractivity contribution is -0.274. The predicted octanol–water partition coefficient (Wildman–Crippen LogP) is 4.31. The van der Waals surface area contributed by atoms with Gasteiger partial charge in [-0.05, 0) is 49.7 Å². The number of nitrogens with zero attached hydrogens (tertiary/aromatic N) is 1. The number of benzene rings is 2. The van der Waals surface area contributed by atoms with E-state index in [0.29, 0.717) is 0 Å². The van der Waals surface area contributed by atoms with Crippen LogP contribution < -0.4 is 10.1 Å². The standard InChI is InChI=1S/C22H25F3N2O6S/c1-15-3-9-20(10-4-15)34(29,30)27-12-11-19(13-17(27)14-31-2)32-21(28)26-16-5-7-18(8-6-16)33-22(23,24)25/h3-10,17,19H,11-14H2,1-2H3,(H,26,28)/t17-,19-/m1/s1. The van der Waals surface area contributed by atoms with Gasteiger partial charge in [0.2, 0.25) is 10.0 Å². The molecule has 0 radical (unpaired) electrons. The molecule has 1 N–H and O–H groups in total. The van der Waals surface area contributed by atoms with Crippen molar-refractivity contribution in [2.45, 2.75) is 43.2 Å². The number of sulfonamides is 1. The molecule has 0 aromatic heterocycles. The van der Waals surface area contributed by atoms with Crippen molar-refractivity contribution in [3.63, 3.8) is 0 Å². The van der Waals surface area contributed by atoms with Crippen LogP contribution in [0.3, 0.4) is 0 Å². The Morgan fingerprint density at radius 2 is 1.76 bits per heavy atom. The van der Waals surface area contributed by atoms with Gasteiger partial charge in [0.05, 0.1) is 17.5 Å². The van der Waals surface area contributed by atoms with Crippen molar-refractivity contribution in [1.82, 2.24) is 4.31 Å². The third kappa shape index (κ3) is 6.84. The number of amides is 1. The zero-order valence-electron chi connectivity index (χ0n) is 18.5. The molecule has 3 rings (SSSR count). The predicted molar refractivity (Wildman–Crippen MR) is 117 cm³/mol. The van der Waals surface area contributed by atoms with Crippen LogP contribution in [0.15, 0.2) is 53.4 Å². The molecule has 0 unspecified atom stereocenters. The van der Waals surface area contributed by atoms with Crippen LogP contribution in [0.5, 0.6) is 5.75 Å². The summed E-state index contributed by atoms with van der Waals surface area (Å²) < 4.78 is 78.8. The number of alkyl halides is 3. The summed E-state index contributed by atoms with van der Waals surface area (Å²) >= 11 is 0. The summed E-state index contributed by atoms with van der Waals surface area (Å²) in [6, 6.07) is 10.6. The number of halogens is 3. The smallest absolute Gasteiger partial charge is 0.446 e. The first kappa shape index (κ1) is 25.8. The Kier molecular flexibility index (Phi) is 8.05. The minimum absolute atomic E-state index is 0.118. The third-order valence-corrected chi connectivity index (χ3v) is 7.17. The highest BCUT2D eigenvalue weighted by molar-refractivity contribution is 7.89. The highest BCUT2D eigenvalue weighted by Gasteiger charge is 2.38. The molecule has 2 atom stereocenters. The summed E-state index contributed by atoms with van der Waals surface area (Å²) in [6.45, 7) is 2.11. The molecule has 186 valence electrons. The van der Waals surface area contributed by atoms with E-state index in [9.17, 15) is 26.4 Å². The van der Waals surface area contributed by atoms with E-state index in [-0.39, 0.29) is 36.6 Å². The van der Waals surface area contributed by atoms with Gasteiger partial charge in [-0.25, -0.2) is 13.2 Å². The quantitative estimate of drug-likeness (QED) is 0.607. The molecule has 1 fully saturated rings. The van der Waals surface area contributed by atoms with Gasteiger partial charge in [0.15, 0.2) is 0 Å². The lowest BCUT2D eigenvalue weighted by Crippen LogP contribution is -2.50. The Morgan fingerprint density at radius 1 is 1.12 bits per heavy atom. The third-order valence-electron chi connectivity index (χ3n) is 5.21. The summed E-state index contributed by atoms with van der Waals surface area (Å²) in [4.78, 5) is 12.5. The van der Waals surface area contributed by atoms with Crippen LogP contribution >= 0.6 is 0 Å². The van der Waals surface area contributed by atoms with E-state index in [1.165, 1.54) is 23.5 Å². The molecule has 8 nitrogen and oxygen atoms in total. The SMILES string of the molecule is COC[C@H]1C[C@H](OC(=O)Nc2ccc(OC(F)(F)F)cc2)CCN1S(=O)(=O)c1ccc(C)cc1. The van der Waals surface area contributed by atoms with Gasteiger partial charge in [0.1, 0.15) is 11.9 Å². The molecule has 1 aliphatic rings. The van der Waals surface area contributed by atoms with Crippen molar-refractivity contribution >= 4 is 21.8 Å². The second-order valence-electron chi connectivity index (χ2n) is 7.79. The molecule has 12 heteroatoms. The van der Waals surface area contributed by atoms with Crippen molar-refractivity contribution in [2.24, 2.45) is 0 Å². The zero-order valence-corrected chi connectivity index (χ0v) is 19.4. The fourth-order valence-corrected chi connectivity index (χ4v) is 5.28. The van der Waals surface area contributed by atoms with E-state index in [2.05, 4.69) is 10.1 Å². The summed E-state index contributed by atoms with van der Waals surface area (Å²) in [5.74, 6) is -0.420. The van der Waals surface area contributed by atoms with Crippen molar-refractivity contribution in [3.05, 3.63) is 54.1 Å². The second kappa shape index (κ2) is 10.6. The van der Waals surface area contributed by atoms with Gasteiger partial charge in [0, 0.05) is 25.8 Å². The Labute approximate surface area is 195 Å². The summed E-state index contributed by atoms with van der Waals surface area (Å²) in [5.41, 5.74) is 1.15. The van der Waals surface area contributed by atoms with E-state index in [1.807, 2.05) is 6.92 Å². The Bertz CT molecular complexity index is 1080. The fraction of sp³-hybridized carbons (Fsp3) is 0.409. The number of aryl methyl sites for hydroxylation is 1. The number of methoxy groups -OCH3 is 1. The number of anilines is 1. The Balaban J connectivity index is 1.61. The molecule has 0 bridgehead atoms. The molecular formula is C22H25F3N2O6S. The fourth-order valence-electron chi connectivity index (χ4n) is 3.64. The largest absolute Gasteiger partial charge is 0.573 e. The first-order chi connectivity index (χ1) is 16.0. The van der Waals surface area contributed by atoms with Gasteiger partial charge in [-0.15, -0.1) is 13.2 Å². The molecule has 2 aromatic carbocycles. The van der Waals surface area contributed by atoms with Gasteiger partial charge in [-0.2, -0.15) is 4.31 Å². The van der Waals surface area contributed by atoms with Crippen molar-refractivity contribution in [1.29, 1.82) is 0 Å². The minimum Gasteiger partial charge on any atom is -0.446 e. The van der Waals surface area contributed by atoms with Crippen LogP contribution in [0.4, 0.5) is 23.7 Å². The number of hydrogen-bond acceptors (Lipinski definition) is 6. The second-order valence-corrected chi connectivity index (χ2v) is 9.68. The summed E-state index contributed by atoms with van der Waals surface area (Å²) in [7, 11) is -2.30. The molecule has 2 aromatic rings. The molecule has 1 saturated heterocycles. The van der Waals surface area contributed by atoms with Crippen LogP contribution in [0, 0.1) is 6.92 Å². The van der Waals surface area contributed by atoms with Crippen LogP contribution in [0.2, 0.25) is 0 Å². The topological polar surface area (TPSA) is 94.2 Å². The lowest BCUT2D eigenvalue weighted by Gasteiger charge is -2.37. The lowest BCUT2D eigenvalue weighted by atomic mass is 10.0. The first-order valence-electron chi connectivity index (χ1n) is 10.4. The normalized spacial score (nSPS) is 19.4. The number of carbonyl (C=O) groups excluding carboxylic acids is 1. The number of carbonyl (C=O) groups is 1. The van der Waals surface area contributed by atoms with Crippen molar-refractivity contribution < 1.29 is 40.6 Å². The molecule has 34 heavy (non-hydrogen) atoms. The number of ether oxygens (including phenoxy) is 3. The molecule has 0 saturated carbocycles. The number of rotatable bonds is 7. The average Bonchev–Trinajstić information content (AvgIpc) is 2.75. The maximum atomic E-state index is 13.1. The van der Waals surface area contributed by atoms with Crippen LogP contribution in [-0.2, 0) is 19.5 Å². The Morgan fingerprint density at radius 3 is 2.35 bits per heavy atom. The molecule has 1 aliphatic heterocycles. The molecule has 1 heterocycles. The highest BCUT2D eigenvalue weighted by Crippen LogP contribution is 2.28. The highest BCUT2D eigenvalue weighted by atomic mass is 32.2. The zero-order chi connectivity index (χ0) is 24.9. The Hall–Kier alpha value is -2.83. The van der Waals surface area contributed by atoms with E-state index in [1.54, 1.807) is 24.3 Å². The van der Waals surface area contributed by atoms with E-state index < -0.39 is 40.4 Å². The van der Waals surface area contributed by atoms with Crippen molar-refractivity contribution in [2.75, 3.05) is 25.6 Å². The summed E-state index contributed by atoms with van der Waals surface area (Å²) in [6.07, 6.45) is -5.69. The van der Waals surface area contributed by atoms with Crippen LogP contribution in [0.1, 0.15) is 18.4 Å². The monoisotopic (exact) mass is 502 g/mol. The number of nitrogens with one attached hydrogen (secondary N) is 1. The molecular weight excluding hydrogens is 477 g/mol. The van der Waals surface area contributed by atoms with Crippen LogP contribution in [0.25, 0.3) is 0 Å².